The molecular formula is C11H15NO. The Balaban J connectivity index is 2.52. The molecule has 70 valence electrons. The van der Waals surface area contributed by atoms with Crippen LogP contribution in [0.5, 0.6) is 0 Å². The lowest BCUT2D eigenvalue weighted by molar-refractivity contribution is -0.128. The van der Waals surface area contributed by atoms with Crippen molar-refractivity contribution in [2.24, 2.45) is 16.7 Å². The molecule has 2 aliphatic carbocycles. The lowest BCUT2D eigenvalue weighted by Crippen LogP contribution is -2.34. The molecule has 0 amide bonds. The smallest absolute Gasteiger partial charge is 0.284 e. The van der Waals surface area contributed by atoms with Crippen molar-refractivity contribution in [1.29, 1.82) is 0 Å². The van der Waals surface area contributed by atoms with E-state index < -0.39 is 0 Å². The molecule has 0 aromatic carbocycles. The normalized spacial score (nSPS) is 46.5. The first-order valence-electron chi connectivity index (χ1n) is 4.86. The first kappa shape index (κ1) is 8.74. The highest BCUT2D eigenvalue weighted by atomic mass is 16.1. The summed E-state index contributed by atoms with van der Waals surface area (Å²) in [7, 11) is 0. The molecule has 0 aromatic heterocycles. The minimum Gasteiger partial charge on any atom is -0.305 e. The molecule has 2 saturated carbocycles. The zero-order chi connectivity index (χ0) is 9.85. The van der Waals surface area contributed by atoms with Gasteiger partial charge in [0.2, 0.25) is 5.78 Å². The first-order valence-corrected chi connectivity index (χ1v) is 4.86. The molecule has 2 bridgehead atoms. The van der Waals surface area contributed by atoms with E-state index in [4.69, 9.17) is 6.57 Å². The molecule has 0 saturated heterocycles. The van der Waals surface area contributed by atoms with Gasteiger partial charge in [-0.25, -0.2) is 6.57 Å². The van der Waals surface area contributed by atoms with Crippen molar-refractivity contribution >= 4 is 5.78 Å². The van der Waals surface area contributed by atoms with Gasteiger partial charge in [-0.05, 0) is 18.3 Å². The van der Waals surface area contributed by atoms with Crippen molar-refractivity contribution < 1.29 is 4.79 Å². The standard InChI is InChI=1S/C11H15NO/c1-10(2)7-5-6-11(10,3)9(13)8(7)12-4/h7-8H,5-6H2,1-3H3/t7?,8-,11?/m0/s1. The van der Waals surface area contributed by atoms with Crippen LogP contribution in [0.2, 0.25) is 0 Å². The number of rotatable bonds is 0. The summed E-state index contributed by atoms with van der Waals surface area (Å²) in [6.07, 6.45) is 2.04. The van der Waals surface area contributed by atoms with Gasteiger partial charge in [-0.1, -0.05) is 20.8 Å². The van der Waals surface area contributed by atoms with E-state index in [1.165, 1.54) is 0 Å². The third kappa shape index (κ3) is 0.716. The zero-order valence-corrected chi connectivity index (χ0v) is 8.42. The Kier molecular flexibility index (Phi) is 1.44. The van der Waals surface area contributed by atoms with E-state index in [0.29, 0.717) is 5.92 Å². The molecule has 2 fully saturated rings. The zero-order valence-electron chi connectivity index (χ0n) is 8.42. The van der Waals surface area contributed by atoms with Gasteiger partial charge in [-0.15, -0.1) is 0 Å². The van der Waals surface area contributed by atoms with Gasteiger partial charge in [0.25, 0.3) is 6.04 Å². The number of Topliss-reactive ketones (excluding diaryl/α,β-unsaturated/α-hetero) is 1. The second-order valence-electron chi connectivity index (χ2n) is 5.14. The Labute approximate surface area is 79.1 Å². The maximum absolute atomic E-state index is 11.9. The number of hydrogen-bond acceptors (Lipinski definition) is 1. The highest BCUT2D eigenvalue weighted by Gasteiger charge is 2.69. The topological polar surface area (TPSA) is 21.4 Å². The average Bonchev–Trinajstić information content (AvgIpc) is 2.36. The van der Waals surface area contributed by atoms with Gasteiger partial charge in [0.05, 0.1) is 0 Å². The van der Waals surface area contributed by atoms with Gasteiger partial charge in [-0.2, -0.15) is 0 Å². The Morgan fingerprint density at radius 2 is 2.08 bits per heavy atom. The van der Waals surface area contributed by atoms with Crippen LogP contribution in [0, 0.1) is 23.3 Å². The first-order chi connectivity index (χ1) is 5.95. The monoisotopic (exact) mass is 177 g/mol. The molecule has 2 aliphatic rings. The predicted molar refractivity (Wildman–Crippen MR) is 50.0 cm³/mol. The van der Waals surface area contributed by atoms with Crippen LogP contribution in [0.4, 0.5) is 0 Å². The molecule has 0 radical (unpaired) electrons. The summed E-state index contributed by atoms with van der Waals surface area (Å²) < 4.78 is 0. The number of carbonyl (C=O) groups excluding carboxylic acids is 1. The van der Waals surface area contributed by atoms with E-state index in [2.05, 4.69) is 18.7 Å². The van der Waals surface area contributed by atoms with Gasteiger partial charge in [0.1, 0.15) is 0 Å². The predicted octanol–water partition coefficient (Wildman–Crippen LogP) is 2.30. The van der Waals surface area contributed by atoms with E-state index in [-0.39, 0.29) is 22.7 Å². The number of ketones is 1. The summed E-state index contributed by atoms with van der Waals surface area (Å²) in [5.41, 5.74) is -0.174. The quantitative estimate of drug-likeness (QED) is 0.520. The highest BCUT2D eigenvalue weighted by Crippen LogP contribution is 2.64. The average molecular weight is 177 g/mol. The minimum atomic E-state index is -0.339. The minimum absolute atomic E-state index is 0.0410. The lowest BCUT2D eigenvalue weighted by Gasteiger charge is -2.30. The number of nitrogens with zero attached hydrogens (tertiary/aromatic N) is 1. The van der Waals surface area contributed by atoms with E-state index in [1.807, 2.05) is 6.92 Å². The van der Waals surface area contributed by atoms with E-state index in [1.54, 1.807) is 0 Å². The van der Waals surface area contributed by atoms with Gasteiger partial charge in [-0.3, -0.25) is 4.79 Å². The summed E-state index contributed by atoms with van der Waals surface area (Å²) in [5, 5.41) is 0. The van der Waals surface area contributed by atoms with E-state index in [9.17, 15) is 4.79 Å². The summed E-state index contributed by atoms with van der Waals surface area (Å²) in [4.78, 5) is 15.4. The maximum Gasteiger partial charge on any atom is 0.284 e. The molecule has 0 aromatic rings. The molecule has 0 spiro atoms. The molecule has 2 rings (SSSR count). The van der Waals surface area contributed by atoms with Gasteiger partial charge < -0.3 is 4.85 Å². The fourth-order valence-corrected chi connectivity index (χ4v) is 3.19. The molecule has 3 atom stereocenters. The Morgan fingerprint density at radius 1 is 1.46 bits per heavy atom. The lowest BCUT2D eigenvalue weighted by atomic mass is 9.70. The van der Waals surface area contributed by atoms with Gasteiger partial charge in [0, 0.05) is 11.3 Å². The Morgan fingerprint density at radius 3 is 2.38 bits per heavy atom. The van der Waals surface area contributed by atoms with Crippen molar-refractivity contribution in [3.05, 3.63) is 11.4 Å². The van der Waals surface area contributed by atoms with Crippen LogP contribution < -0.4 is 0 Å². The molecule has 0 heterocycles. The maximum atomic E-state index is 11.9. The van der Waals surface area contributed by atoms with Gasteiger partial charge in [0.15, 0.2) is 0 Å². The van der Waals surface area contributed by atoms with Crippen LogP contribution in [-0.4, -0.2) is 11.8 Å². The number of hydrogen-bond donors (Lipinski definition) is 0. The van der Waals surface area contributed by atoms with Crippen LogP contribution in [0.1, 0.15) is 33.6 Å². The Hall–Kier alpha value is -0.840. The van der Waals surface area contributed by atoms with Gasteiger partial charge >= 0.3 is 0 Å². The molecular weight excluding hydrogens is 162 g/mol. The van der Waals surface area contributed by atoms with Crippen LogP contribution >= 0.6 is 0 Å². The van der Waals surface area contributed by atoms with Crippen molar-refractivity contribution in [3.63, 3.8) is 0 Å². The third-order valence-electron chi connectivity index (χ3n) is 4.64. The third-order valence-corrected chi connectivity index (χ3v) is 4.64. The summed E-state index contributed by atoms with van der Waals surface area (Å²) >= 11 is 0. The van der Waals surface area contributed by atoms with Crippen LogP contribution in [0.25, 0.3) is 4.85 Å². The van der Waals surface area contributed by atoms with Crippen molar-refractivity contribution in [1.82, 2.24) is 0 Å². The number of carbonyl (C=O) groups is 1. The fraction of sp³-hybridized carbons (Fsp3) is 0.818. The largest absolute Gasteiger partial charge is 0.305 e. The molecule has 2 heteroatoms. The molecule has 0 N–H and O–H groups in total. The van der Waals surface area contributed by atoms with Crippen molar-refractivity contribution in [2.45, 2.75) is 39.7 Å². The van der Waals surface area contributed by atoms with Crippen molar-refractivity contribution in [2.75, 3.05) is 0 Å². The Bertz CT molecular complexity index is 313. The van der Waals surface area contributed by atoms with Crippen LogP contribution in [-0.2, 0) is 4.79 Å². The molecule has 13 heavy (non-hydrogen) atoms. The summed E-state index contributed by atoms with van der Waals surface area (Å²) in [6.45, 7) is 13.4. The fourth-order valence-electron chi connectivity index (χ4n) is 3.19. The number of fused-ring (bicyclic) bond motifs is 2. The summed E-state index contributed by atoms with van der Waals surface area (Å²) in [5.74, 6) is 0.506. The molecule has 2 unspecified atom stereocenters. The van der Waals surface area contributed by atoms with Crippen LogP contribution in [0.15, 0.2) is 0 Å². The SMILES string of the molecule is [C-]#[N+][C@@H]1C(=O)C2(C)CCC1C2(C)C. The van der Waals surface area contributed by atoms with Crippen LogP contribution in [0.3, 0.4) is 0 Å². The second kappa shape index (κ2) is 2.15. The van der Waals surface area contributed by atoms with E-state index in [0.717, 1.165) is 12.8 Å². The van der Waals surface area contributed by atoms with E-state index >= 15 is 0 Å². The molecule has 0 aliphatic heterocycles. The second-order valence-corrected chi connectivity index (χ2v) is 5.14. The highest BCUT2D eigenvalue weighted by molar-refractivity contribution is 5.95. The summed E-state index contributed by atoms with van der Waals surface area (Å²) in [6, 6.07) is -0.339. The van der Waals surface area contributed by atoms with Crippen molar-refractivity contribution in [3.8, 4) is 0 Å². The molecule has 2 nitrogen and oxygen atoms in total.